The fourth-order valence-corrected chi connectivity index (χ4v) is 1.60. The van der Waals surface area contributed by atoms with Gasteiger partial charge in [0, 0.05) is 38.1 Å². The zero-order valence-electron chi connectivity index (χ0n) is 10.0. The predicted molar refractivity (Wildman–Crippen MR) is 67.0 cm³/mol. The number of rotatable bonds is 5. The third-order valence-electron chi connectivity index (χ3n) is 2.54. The third kappa shape index (κ3) is 2.72. The summed E-state index contributed by atoms with van der Waals surface area (Å²) in [6, 6.07) is 0. The summed E-state index contributed by atoms with van der Waals surface area (Å²) >= 11 is 0. The Hall–Kier alpha value is -2.11. The highest BCUT2D eigenvalue weighted by Crippen LogP contribution is 2.16. The van der Waals surface area contributed by atoms with Crippen molar-refractivity contribution in [3.63, 3.8) is 0 Å². The van der Waals surface area contributed by atoms with Crippen molar-refractivity contribution in [1.82, 2.24) is 19.5 Å². The second kappa shape index (κ2) is 5.29. The van der Waals surface area contributed by atoms with Crippen molar-refractivity contribution in [2.45, 2.75) is 13.5 Å². The molecule has 0 aliphatic rings. The van der Waals surface area contributed by atoms with E-state index in [9.17, 15) is 0 Å². The van der Waals surface area contributed by atoms with Crippen LogP contribution in [0.2, 0.25) is 0 Å². The summed E-state index contributed by atoms with van der Waals surface area (Å²) in [6.07, 6.45) is 7.06. The summed E-state index contributed by atoms with van der Waals surface area (Å²) in [4.78, 5) is 12.3. The second-order valence-electron chi connectivity index (χ2n) is 3.67. The summed E-state index contributed by atoms with van der Waals surface area (Å²) in [6.45, 7) is 3.65. The average Bonchev–Trinajstić information content (AvgIpc) is 2.84. The lowest BCUT2D eigenvalue weighted by atomic mass is 10.3. The smallest absolute Gasteiger partial charge is 0.134 e. The minimum Gasteiger partial charge on any atom is -0.373 e. The Morgan fingerprint density at radius 1 is 1.29 bits per heavy atom. The Morgan fingerprint density at radius 2 is 2.12 bits per heavy atom. The third-order valence-corrected chi connectivity index (χ3v) is 2.54. The molecule has 2 aromatic heterocycles. The molecule has 0 saturated heterocycles. The molecule has 0 aliphatic carbocycles. The van der Waals surface area contributed by atoms with Crippen LogP contribution in [0, 0.1) is 6.92 Å². The Kier molecular flexibility index (Phi) is 3.54. The maximum absolute atomic E-state index is 4.22. The van der Waals surface area contributed by atoms with Crippen molar-refractivity contribution in [3.8, 4) is 0 Å². The molecule has 2 N–H and O–H groups in total. The van der Waals surface area contributed by atoms with Crippen LogP contribution >= 0.6 is 0 Å². The monoisotopic (exact) mass is 232 g/mol. The number of hydrogen-bond donors (Lipinski definition) is 2. The minimum atomic E-state index is 0.803. The maximum atomic E-state index is 4.22. The Morgan fingerprint density at radius 3 is 2.82 bits per heavy atom. The second-order valence-corrected chi connectivity index (χ2v) is 3.67. The summed E-state index contributed by atoms with van der Waals surface area (Å²) in [5, 5.41) is 6.32. The normalized spacial score (nSPS) is 10.2. The van der Waals surface area contributed by atoms with Crippen molar-refractivity contribution in [2.75, 3.05) is 24.2 Å². The minimum absolute atomic E-state index is 0.803. The van der Waals surface area contributed by atoms with E-state index in [-0.39, 0.29) is 0 Å². The summed E-state index contributed by atoms with van der Waals surface area (Å²) in [5.74, 6) is 1.72. The van der Waals surface area contributed by atoms with E-state index in [1.807, 2.05) is 24.7 Å². The molecule has 0 unspecified atom stereocenters. The molecule has 0 atom stereocenters. The summed E-state index contributed by atoms with van der Waals surface area (Å²) in [5.41, 5.74) is 1.03. The lowest BCUT2D eigenvalue weighted by molar-refractivity contribution is 0.724. The van der Waals surface area contributed by atoms with Crippen LogP contribution < -0.4 is 10.6 Å². The molecular formula is C11H16N6. The van der Waals surface area contributed by atoms with Gasteiger partial charge in [-0.05, 0) is 6.92 Å². The topological polar surface area (TPSA) is 67.7 Å². The highest BCUT2D eigenvalue weighted by molar-refractivity contribution is 5.55. The molecule has 0 saturated carbocycles. The number of nitrogens with one attached hydrogen (secondary N) is 2. The van der Waals surface area contributed by atoms with Gasteiger partial charge in [0.2, 0.25) is 0 Å². The lowest BCUT2D eigenvalue weighted by Crippen LogP contribution is -2.12. The van der Waals surface area contributed by atoms with Gasteiger partial charge in [0.05, 0.1) is 6.33 Å². The maximum Gasteiger partial charge on any atom is 0.134 e. The molecule has 90 valence electrons. The van der Waals surface area contributed by atoms with Gasteiger partial charge in [-0.3, -0.25) is 0 Å². The number of nitrogens with zero attached hydrogens (tertiary/aromatic N) is 4. The highest BCUT2D eigenvalue weighted by atomic mass is 15.1. The van der Waals surface area contributed by atoms with Gasteiger partial charge in [0.15, 0.2) is 0 Å². The fraction of sp³-hybridized carbons (Fsp3) is 0.364. The molecule has 2 heterocycles. The first-order valence-electron chi connectivity index (χ1n) is 5.50. The molecule has 0 aromatic carbocycles. The molecule has 6 nitrogen and oxygen atoms in total. The average molecular weight is 232 g/mol. The number of imidazole rings is 1. The SMILES string of the molecule is CNc1ncnc(NCCn2ccnc2)c1C. The van der Waals surface area contributed by atoms with Gasteiger partial charge in [-0.15, -0.1) is 0 Å². The van der Waals surface area contributed by atoms with E-state index in [4.69, 9.17) is 0 Å². The van der Waals surface area contributed by atoms with Crippen LogP contribution in [0.15, 0.2) is 25.0 Å². The van der Waals surface area contributed by atoms with E-state index in [1.165, 1.54) is 0 Å². The largest absolute Gasteiger partial charge is 0.373 e. The molecule has 17 heavy (non-hydrogen) atoms. The van der Waals surface area contributed by atoms with E-state index >= 15 is 0 Å². The summed E-state index contributed by atoms with van der Waals surface area (Å²) < 4.78 is 2.02. The first-order chi connectivity index (χ1) is 8.31. The predicted octanol–water partition coefficient (Wildman–Crippen LogP) is 1.14. The highest BCUT2D eigenvalue weighted by Gasteiger charge is 2.04. The van der Waals surface area contributed by atoms with Crippen LogP contribution in [-0.4, -0.2) is 33.1 Å². The zero-order valence-corrected chi connectivity index (χ0v) is 10.0. The quantitative estimate of drug-likeness (QED) is 0.809. The van der Waals surface area contributed by atoms with E-state index < -0.39 is 0 Å². The molecule has 0 radical (unpaired) electrons. The van der Waals surface area contributed by atoms with Gasteiger partial charge in [0.25, 0.3) is 0 Å². The molecule has 0 spiro atoms. The van der Waals surface area contributed by atoms with E-state index in [2.05, 4.69) is 25.6 Å². The zero-order chi connectivity index (χ0) is 12.1. The van der Waals surface area contributed by atoms with Crippen LogP contribution in [0.4, 0.5) is 11.6 Å². The molecule has 0 amide bonds. The van der Waals surface area contributed by atoms with Gasteiger partial charge in [-0.1, -0.05) is 0 Å². The molecule has 0 fully saturated rings. The van der Waals surface area contributed by atoms with Crippen molar-refractivity contribution in [1.29, 1.82) is 0 Å². The summed E-state index contributed by atoms with van der Waals surface area (Å²) in [7, 11) is 1.85. The van der Waals surface area contributed by atoms with Crippen molar-refractivity contribution < 1.29 is 0 Å². The number of aromatic nitrogens is 4. The van der Waals surface area contributed by atoms with E-state index in [0.717, 1.165) is 30.3 Å². The fourth-order valence-electron chi connectivity index (χ4n) is 1.60. The first-order valence-corrected chi connectivity index (χ1v) is 5.50. The van der Waals surface area contributed by atoms with Crippen LogP contribution in [0.25, 0.3) is 0 Å². The van der Waals surface area contributed by atoms with Crippen LogP contribution in [0.3, 0.4) is 0 Å². The van der Waals surface area contributed by atoms with Crippen LogP contribution in [0.5, 0.6) is 0 Å². The first kappa shape index (κ1) is 11.4. The van der Waals surface area contributed by atoms with Gasteiger partial charge in [-0.2, -0.15) is 0 Å². The van der Waals surface area contributed by atoms with Crippen LogP contribution in [-0.2, 0) is 6.54 Å². The molecule has 0 aliphatic heterocycles. The lowest BCUT2D eigenvalue weighted by Gasteiger charge is -2.11. The molecule has 6 heteroatoms. The molecular weight excluding hydrogens is 216 g/mol. The molecule has 2 rings (SSSR count). The molecule has 2 aromatic rings. The van der Waals surface area contributed by atoms with Gasteiger partial charge in [0.1, 0.15) is 18.0 Å². The van der Waals surface area contributed by atoms with Crippen molar-refractivity contribution in [3.05, 3.63) is 30.6 Å². The van der Waals surface area contributed by atoms with E-state index in [0.29, 0.717) is 0 Å². The Labute approximate surface area is 100 Å². The number of anilines is 2. The Bertz CT molecular complexity index is 465. The van der Waals surface area contributed by atoms with E-state index in [1.54, 1.807) is 18.9 Å². The molecule has 0 bridgehead atoms. The van der Waals surface area contributed by atoms with Crippen molar-refractivity contribution in [2.24, 2.45) is 0 Å². The van der Waals surface area contributed by atoms with Crippen LogP contribution in [0.1, 0.15) is 5.56 Å². The van der Waals surface area contributed by atoms with Gasteiger partial charge >= 0.3 is 0 Å². The standard InChI is InChI=1S/C11H16N6/c1-9-10(12-2)15-7-16-11(9)14-4-6-17-5-3-13-8-17/h3,5,7-8H,4,6H2,1-2H3,(H2,12,14,15,16). The van der Waals surface area contributed by atoms with Gasteiger partial charge in [-0.25, -0.2) is 15.0 Å². The number of hydrogen-bond acceptors (Lipinski definition) is 5. The van der Waals surface area contributed by atoms with Gasteiger partial charge < -0.3 is 15.2 Å². The van der Waals surface area contributed by atoms with Crippen molar-refractivity contribution >= 4 is 11.6 Å². The Balaban J connectivity index is 1.95.